The number of benzene rings is 1. The van der Waals surface area contributed by atoms with Crippen molar-refractivity contribution in [2.75, 3.05) is 0 Å². The van der Waals surface area contributed by atoms with Gasteiger partial charge in [-0.05, 0) is 31.6 Å². The van der Waals surface area contributed by atoms with Gasteiger partial charge < -0.3 is 9.55 Å². The zero-order chi connectivity index (χ0) is 14.0. The van der Waals surface area contributed by atoms with Crippen LogP contribution in [0.15, 0.2) is 12.1 Å². The molecule has 2 aromatic rings. The van der Waals surface area contributed by atoms with Crippen molar-refractivity contribution in [2.24, 2.45) is 0 Å². The first-order chi connectivity index (χ1) is 9.04. The maximum atomic E-state index is 13.4. The lowest BCUT2D eigenvalue weighted by molar-refractivity contribution is 0.483. The van der Waals surface area contributed by atoms with E-state index >= 15 is 0 Å². The molecule has 1 heterocycles. The highest BCUT2D eigenvalue weighted by molar-refractivity contribution is 7.71. The fourth-order valence-corrected chi connectivity index (χ4v) is 2.92. The van der Waals surface area contributed by atoms with Crippen LogP contribution in [0, 0.1) is 10.6 Å². The van der Waals surface area contributed by atoms with E-state index in [-0.39, 0.29) is 11.1 Å². The Kier molecular flexibility index (Phi) is 4.63. The minimum absolute atomic E-state index is 0.135. The maximum absolute atomic E-state index is 13.4. The molecule has 19 heavy (non-hydrogen) atoms. The average Bonchev–Trinajstić information content (AvgIpc) is 2.65. The molecule has 0 spiro atoms. The smallest absolute Gasteiger partial charge is 0.178 e. The van der Waals surface area contributed by atoms with Crippen LogP contribution in [0.5, 0.6) is 0 Å². The lowest BCUT2D eigenvalue weighted by Gasteiger charge is -2.14. The van der Waals surface area contributed by atoms with E-state index in [1.165, 1.54) is 25.3 Å². The third-order valence-electron chi connectivity index (χ3n) is 3.42. The summed E-state index contributed by atoms with van der Waals surface area (Å²) in [4.78, 5) is 3.05. The van der Waals surface area contributed by atoms with Gasteiger partial charge in [0.15, 0.2) is 4.77 Å². The van der Waals surface area contributed by atoms with Crippen LogP contribution in [0.3, 0.4) is 0 Å². The van der Waals surface area contributed by atoms with Crippen molar-refractivity contribution < 1.29 is 4.39 Å². The molecule has 0 saturated heterocycles. The molecule has 0 aliphatic heterocycles. The van der Waals surface area contributed by atoms with E-state index < -0.39 is 5.82 Å². The molecule has 1 N–H and O–H groups in total. The van der Waals surface area contributed by atoms with Crippen LogP contribution in [0.2, 0.25) is 5.02 Å². The molecule has 0 aliphatic carbocycles. The number of fused-ring (bicyclic) bond motifs is 1. The zero-order valence-corrected chi connectivity index (χ0v) is 12.7. The molecule has 0 bridgehead atoms. The first-order valence-corrected chi connectivity index (χ1v) is 7.42. The number of halogens is 2. The predicted molar refractivity (Wildman–Crippen MR) is 80.9 cm³/mol. The van der Waals surface area contributed by atoms with Crippen LogP contribution >= 0.6 is 23.8 Å². The summed E-state index contributed by atoms with van der Waals surface area (Å²) >= 11 is 11.2. The van der Waals surface area contributed by atoms with E-state index in [9.17, 15) is 4.39 Å². The van der Waals surface area contributed by atoms with Gasteiger partial charge in [0, 0.05) is 12.1 Å². The van der Waals surface area contributed by atoms with Crippen LogP contribution in [0.25, 0.3) is 11.0 Å². The second kappa shape index (κ2) is 6.06. The van der Waals surface area contributed by atoms with Gasteiger partial charge in [-0.1, -0.05) is 37.8 Å². The number of hydrogen-bond donors (Lipinski definition) is 1. The van der Waals surface area contributed by atoms with Gasteiger partial charge in [-0.15, -0.1) is 0 Å². The Bertz CT molecular complexity index is 632. The standard InChI is InChI=1S/C14H18ClFN2S/c1-3-4-5-6-9(2)18-13-7-10(15)11(16)8-12(13)17-14(18)19/h7-9H,3-6H2,1-2H3,(H,17,19). The average molecular weight is 301 g/mol. The summed E-state index contributed by atoms with van der Waals surface area (Å²) in [7, 11) is 0. The van der Waals surface area contributed by atoms with Crippen molar-refractivity contribution in [3.8, 4) is 0 Å². The third kappa shape index (κ3) is 3.00. The molecule has 1 atom stereocenters. The summed E-state index contributed by atoms with van der Waals surface area (Å²) in [6, 6.07) is 3.34. The molecule has 0 saturated carbocycles. The molecule has 5 heteroatoms. The summed E-state index contributed by atoms with van der Waals surface area (Å²) < 4.78 is 16.1. The van der Waals surface area contributed by atoms with Gasteiger partial charge in [-0.3, -0.25) is 0 Å². The van der Waals surface area contributed by atoms with Gasteiger partial charge in [0.2, 0.25) is 0 Å². The Labute approximate surface area is 122 Å². The van der Waals surface area contributed by atoms with Crippen LogP contribution in [0.1, 0.15) is 45.6 Å². The molecule has 0 radical (unpaired) electrons. The Balaban J connectivity index is 2.39. The lowest BCUT2D eigenvalue weighted by Crippen LogP contribution is -2.05. The third-order valence-corrected chi connectivity index (χ3v) is 4.01. The van der Waals surface area contributed by atoms with Crippen molar-refractivity contribution >= 4 is 34.9 Å². The summed E-state index contributed by atoms with van der Waals surface area (Å²) in [6.45, 7) is 4.32. The minimum atomic E-state index is -0.420. The van der Waals surface area contributed by atoms with Gasteiger partial charge in [0.1, 0.15) is 5.82 Å². The number of hydrogen-bond acceptors (Lipinski definition) is 1. The van der Waals surface area contributed by atoms with Crippen molar-refractivity contribution in [3.05, 3.63) is 27.7 Å². The van der Waals surface area contributed by atoms with Gasteiger partial charge >= 0.3 is 0 Å². The summed E-state index contributed by atoms with van der Waals surface area (Å²) in [6.07, 6.45) is 4.64. The first-order valence-electron chi connectivity index (χ1n) is 6.63. The lowest BCUT2D eigenvalue weighted by atomic mass is 10.1. The predicted octanol–water partition coefficient (Wildman–Crippen LogP) is 5.63. The number of nitrogens with zero attached hydrogens (tertiary/aromatic N) is 1. The highest BCUT2D eigenvalue weighted by Crippen LogP contribution is 2.27. The summed E-state index contributed by atoms with van der Waals surface area (Å²) in [5.74, 6) is -0.420. The maximum Gasteiger partial charge on any atom is 0.178 e. The van der Waals surface area contributed by atoms with E-state index in [0.717, 1.165) is 11.9 Å². The fraction of sp³-hybridized carbons (Fsp3) is 0.500. The molecule has 1 aromatic carbocycles. The van der Waals surface area contributed by atoms with Crippen LogP contribution in [-0.4, -0.2) is 9.55 Å². The van der Waals surface area contributed by atoms with E-state index in [1.807, 2.05) is 4.57 Å². The van der Waals surface area contributed by atoms with Crippen LogP contribution in [0.4, 0.5) is 4.39 Å². The van der Waals surface area contributed by atoms with Gasteiger partial charge in [0.25, 0.3) is 0 Å². The van der Waals surface area contributed by atoms with Gasteiger partial charge in [-0.25, -0.2) is 4.39 Å². The van der Waals surface area contributed by atoms with E-state index in [0.29, 0.717) is 10.3 Å². The SMILES string of the molecule is CCCCCC(C)n1c(=S)[nH]c2cc(F)c(Cl)cc21. The van der Waals surface area contributed by atoms with Crippen molar-refractivity contribution in [1.82, 2.24) is 9.55 Å². The molecule has 0 aliphatic rings. The highest BCUT2D eigenvalue weighted by atomic mass is 35.5. The largest absolute Gasteiger partial charge is 0.330 e. The Hall–Kier alpha value is -0.870. The second-order valence-electron chi connectivity index (χ2n) is 4.93. The number of imidazole rings is 1. The topological polar surface area (TPSA) is 20.7 Å². The molecule has 2 rings (SSSR count). The number of nitrogens with one attached hydrogen (secondary N) is 1. The molecular formula is C14H18ClFN2S. The van der Waals surface area contributed by atoms with Crippen molar-refractivity contribution in [1.29, 1.82) is 0 Å². The van der Waals surface area contributed by atoms with Gasteiger partial charge in [0.05, 0.1) is 16.1 Å². The molecule has 1 unspecified atom stereocenters. The van der Waals surface area contributed by atoms with E-state index in [2.05, 4.69) is 18.8 Å². The number of unbranched alkanes of at least 4 members (excludes halogenated alkanes) is 2. The Morgan fingerprint density at radius 3 is 2.84 bits per heavy atom. The van der Waals surface area contributed by atoms with Crippen LogP contribution < -0.4 is 0 Å². The molecule has 1 aromatic heterocycles. The molecule has 2 nitrogen and oxygen atoms in total. The molecule has 104 valence electrons. The number of aromatic amines is 1. The fourth-order valence-electron chi connectivity index (χ4n) is 2.38. The number of rotatable bonds is 5. The van der Waals surface area contributed by atoms with Crippen LogP contribution in [-0.2, 0) is 0 Å². The van der Waals surface area contributed by atoms with Crippen molar-refractivity contribution in [3.63, 3.8) is 0 Å². The normalized spacial score (nSPS) is 13.1. The summed E-state index contributed by atoms with van der Waals surface area (Å²) in [5.41, 5.74) is 1.58. The van der Waals surface area contributed by atoms with E-state index in [4.69, 9.17) is 23.8 Å². The van der Waals surface area contributed by atoms with Gasteiger partial charge in [-0.2, -0.15) is 0 Å². The molecule has 0 fully saturated rings. The summed E-state index contributed by atoms with van der Waals surface area (Å²) in [5, 5.41) is 0.135. The monoisotopic (exact) mass is 300 g/mol. The Morgan fingerprint density at radius 2 is 2.16 bits per heavy atom. The van der Waals surface area contributed by atoms with Crippen molar-refractivity contribution in [2.45, 2.75) is 45.6 Å². The number of H-pyrrole nitrogens is 1. The number of aromatic nitrogens is 2. The highest BCUT2D eigenvalue weighted by Gasteiger charge is 2.13. The quantitative estimate of drug-likeness (QED) is 0.560. The minimum Gasteiger partial charge on any atom is -0.330 e. The second-order valence-corrected chi connectivity index (χ2v) is 5.72. The Morgan fingerprint density at radius 1 is 1.42 bits per heavy atom. The molecular weight excluding hydrogens is 283 g/mol. The van der Waals surface area contributed by atoms with E-state index in [1.54, 1.807) is 6.07 Å². The zero-order valence-electron chi connectivity index (χ0n) is 11.2. The first kappa shape index (κ1) is 14.5. The molecule has 0 amide bonds.